The SMILES string of the molecule is COc1ccc(-c2noc(/C(=C/c3ccc(C)s3)CCCC[NH3+])n2)cc1. The molecular weight excluding hydrogens is 346 g/mol. The topological polar surface area (TPSA) is 75.8 Å². The van der Waals surface area contributed by atoms with Crippen molar-refractivity contribution in [2.45, 2.75) is 26.2 Å². The van der Waals surface area contributed by atoms with Crippen LogP contribution in [-0.2, 0) is 0 Å². The van der Waals surface area contributed by atoms with Gasteiger partial charge in [0, 0.05) is 20.9 Å². The first-order valence-corrected chi connectivity index (χ1v) is 9.56. The summed E-state index contributed by atoms with van der Waals surface area (Å²) in [5.41, 5.74) is 5.91. The van der Waals surface area contributed by atoms with E-state index in [2.05, 4.69) is 41.0 Å². The average Bonchev–Trinajstić information content (AvgIpc) is 3.30. The molecular formula is C20H24N3O2S+. The van der Waals surface area contributed by atoms with Gasteiger partial charge in [0.15, 0.2) is 0 Å². The summed E-state index contributed by atoms with van der Waals surface area (Å²) in [7, 11) is 1.65. The Morgan fingerprint density at radius 1 is 1.19 bits per heavy atom. The molecule has 0 saturated heterocycles. The minimum atomic E-state index is 0.589. The Labute approximate surface area is 157 Å². The van der Waals surface area contributed by atoms with Crippen molar-refractivity contribution in [3.8, 4) is 17.1 Å². The van der Waals surface area contributed by atoms with Crippen molar-refractivity contribution in [3.63, 3.8) is 0 Å². The Morgan fingerprint density at radius 2 is 2.00 bits per heavy atom. The van der Waals surface area contributed by atoms with Crippen molar-refractivity contribution >= 4 is 23.0 Å². The molecule has 0 atom stereocenters. The van der Waals surface area contributed by atoms with Crippen molar-refractivity contribution < 1.29 is 15.0 Å². The second kappa shape index (κ2) is 8.78. The van der Waals surface area contributed by atoms with Crippen LogP contribution in [0.3, 0.4) is 0 Å². The molecule has 0 aliphatic carbocycles. The minimum absolute atomic E-state index is 0.589. The molecule has 0 amide bonds. The molecule has 3 N–H and O–H groups in total. The quantitative estimate of drug-likeness (QED) is 0.607. The minimum Gasteiger partial charge on any atom is -0.497 e. The maximum Gasteiger partial charge on any atom is 0.254 e. The summed E-state index contributed by atoms with van der Waals surface area (Å²) in [5.74, 6) is 1.98. The van der Waals surface area contributed by atoms with Crippen molar-refractivity contribution in [2.24, 2.45) is 0 Å². The van der Waals surface area contributed by atoms with E-state index in [4.69, 9.17) is 9.26 Å². The summed E-state index contributed by atoms with van der Waals surface area (Å²) in [6.45, 7) is 3.05. The molecule has 0 aliphatic rings. The number of nitrogens with zero attached hydrogens (tertiary/aromatic N) is 2. The third kappa shape index (κ3) is 4.59. The fourth-order valence-electron chi connectivity index (χ4n) is 2.65. The Bertz CT molecular complexity index is 865. The van der Waals surface area contributed by atoms with E-state index in [9.17, 15) is 0 Å². The van der Waals surface area contributed by atoms with Gasteiger partial charge >= 0.3 is 0 Å². The lowest BCUT2D eigenvalue weighted by atomic mass is 10.1. The zero-order chi connectivity index (χ0) is 18.4. The predicted octanol–water partition coefficient (Wildman–Crippen LogP) is 4.07. The summed E-state index contributed by atoms with van der Waals surface area (Å²) < 4.78 is 10.8. The van der Waals surface area contributed by atoms with Crippen molar-refractivity contribution in [2.75, 3.05) is 13.7 Å². The van der Waals surface area contributed by atoms with Gasteiger partial charge in [0.25, 0.3) is 5.89 Å². The number of aromatic nitrogens is 2. The molecule has 136 valence electrons. The lowest BCUT2D eigenvalue weighted by molar-refractivity contribution is -0.368. The molecule has 3 rings (SSSR count). The molecule has 1 aromatic carbocycles. The highest BCUT2D eigenvalue weighted by Crippen LogP contribution is 2.28. The van der Waals surface area contributed by atoms with Crippen LogP contribution in [0.4, 0.5) is 0 Å². The van der Waals surface area contributed by atoms with Crippen LogP contribution in [0.15, 0.2) is 40.9 Å². The first-order valence-electron chi connectivity index (χ1n) is 8.74. The fraction of sp³-hybridized carbons (Fsp3) is 0.300. The molecule has 0 saturated carbocycles. The Hall–Kier alpha value is -2.44. The number of ether oxygens (including phenoxy) is 1. The number of allylic oxidation sites excluding steroid dienone is 1. The first kappa shape index (κ1) is 18.4. The van der Waals surface area contributed by atoms with Gasteiger partial charge in [-0.3, -0.25) is 0 Å². The molecule has 0 fully saturated rings. The van der Waals surface area contributed by atoms with Gasteiger partial charge < -0.3 is 15.0 Å². The molecule has 0 bridgehead atoms. The van der Waals surface area contributed by atoms with Crippen LogP contribution < -0.4 is 10.5 Å². The van der Waals surface area contributed by atoms with Crippen LogP contribution in [0.25, 0.3) is 23.0 Å². The highest BCUT2D eigenvalue weighted by molar-refractivity contribution is 7.12. The smallest absolute Gasteiger partial charge is 0.254 e. The molecule has 0 aliphatic heterocycles. The van der Waals surface area contributed by atoms with Gasteiger partial charge in [0.05, 0.1) is 13.7 Å². The number of unbranched alkanes of at least 4 members (excludes halogenated alkanes) is 1. The van der Waals surface area contributed by atoms with Crippen LogP contribution in [0, 0.1) is 6.92 Å². The van der Waals surface area contributed by atoms with E-state index in [-0.39, 0.29) is 0 Å². The molecule has 5 nitrogen and oxygen atoms in total. The Morgan fingerprint density at radius 3 is 2.65 bits per heavy atom. The fourth-order valence-corrected chi connectivity index (χ4v) is 3.49. The van der Waals surface area contributed by atoms with Crippen LogP contribution in [0.2, 0.25) is 0 Å². The van der Waals surface area contributed by atoms with Gasteiger partial charge in [-0.25, -0.2) is 0 Å². The Balaban J connectivity index is 1.86. The van der Waals surface area contributed by atoms with Gasteiger partial charge in [-0.1, -0.05) is 5.16 Å². The number of rotatable bonds is 8. The van der Waals surface area contributed by atoms with Gasteiger partial charge in [-0.15, -0.1) is 11.3 Å². The lowest BCUT2D eigenvalue weighted by Crippen LogP contribution is -2.50. The molecule has 6 heteroatoms. The van der Waals surface area contributed by atoms with Crippen molar-refractivity contribution in [3.05, 3.63) is 52.0 Å². The molecule has 3 aromatic rings. The molecule has 0 spiro atoms. The van der Waals surface area contributed by atoms with Gasteiger partial charge in [-0.2, -0.15) is 4.98 Å². The summed E-state index contributed by atoms with van der Waals surface area (Å²) in [6, 6.07) is 11.9. The first-order chi connectivity index (χ1) is 12.7. The number of methoxy groups -OCH3 is 1. The molecule has 2 aromatic heterocycles. The monoisotopic (exact) mass is 370 g/mol. The number of hydrogen-bond acceptors (Lipinski definition) is 5. The number of thiophene rings is 1. The van der Waals surface area contributed by atoms with Crippen molar-refractivity contribution in [1.82, 2.24) is 10.1 Å². The standard InChI is InChI=1S/C20H23N3O2S/c1-14-6-11-18(26-14)13-16(5-3-4-12-21)20-22-19(23-25-20)15-7-9-17(24-2)10-8-15/h6-11,13H,3-5,12,21H2,1-2H3/p+1/b16-13+. The van der Waals surface area contributed by atoms with E-state index >= 15 is 0 Å². The Kier molecular flexibility index (Phi) is 6.20. The van der Waals surface area contributed by atoms with Gasteiger partial charge in [0.1, 0.15) is 5.75 Å². The molecule has 0 radical (unpaired) electrons. The maximum absolute atomic E-state index is 5.58. The van der Waals surface area contributed by atoms with E-state index in [0.717, 1.165) is 42.7 Å². The molecule has 2 heterocycles. The van der Waals surface area contributed by atoms with E-state index in [1.165, 1.54) is 9.75 Å². The summed E-state index contributed by atoms with van der Waals surface area (Å²) in [5, 5.41) is 4.16. The largest absolute Gasteiger partial charge is 0.497 e. The average molecular weight is 370 g/mol. The number of benzene rings is 1. The number of hydrogen-bond donors (Lipinski definition) is 1. The second-order valence-corrected chi connectivity index (χ2v) is 7.40. The van der Waals surface area contributed by atoms with Crippen molar-refractivity contribution in [1.29, 1.82) is 0 Å². The second-order valence-electron chi connectivity index (χ2n) is 6.08. The molecule has 26 heavy (non-hydrogen) atoms. The highest BCUT2D eigenvalue weighted by atomic mass is 32.1. The van der Waals surface area contributed by atoms with Crippen LogP contribution >= 0.6 is 11.3 Å². The van der Waals surface area contributed by atoms with Gasteiger partial charge in [-0.05, 0) is 68.7 Å². The number of aryl methyl sites for hydroxylation is 1. The van der Waals surface area contributed by atoms with Crippen LogP contribution in [0.1, 0.15) is 34.9 Å². The van der Waals surface area contributed by atoms with Crippen LogP contribution in [0.5, 0.6) is 5.75 Å². The number of quaternary nitrogens is 1. The third-order valence-electron chi connectivity index (χ3n) is 4.07. The van der Waals surface area contributed by atoms with E-state index in [1.807, 2.05) is 24.3 Å². The lowest BCUT2D eigenvalue weighted by Gasteiger charge is -2.01. The normalized spacial score (nSPS) is 11.7. The highest BCUT2D eigenvalue weighted by Gasteiger charge is 2.14. The zero-order valence-corrected chi connectivity index (χ0v) is 16.0. The van der Waals surface area contributed by atoms with Gasteiger partial charge in [0.2, 0.25) is 5.82 Å². The zero-order valence-electron chi connectivity index (χ0n) is 15.2. The molecule has 0 unspecified atom stereocenters. The van der Waals surface area contributed by atoms with E-state index < -0.39 is 0 Å². The predicted molar refractivity (Wildman–Crippen MR) is 105 cm³/mol. The van der Waals surface area contributed by atoms with E-state index in [0.29, 0.717) is 11.7 Å². The van der Waals surface area contributed by atoms with Crippen LogP contribution in [-0.4, -0.2) is 23.8 Å². The maximum atomic E-state index is 5.58. The third-order valence-corrected chi connectivity index (χ3v) is 5.02. The van der Waals surface area contributed by atoms with E-state index in [1.54, 1.807) is 18.4 Å². The summed E-state index contributed by atoms with van der Waals surface area (Å²) >= 11 is 1.76. The summed E-state index contributed by atoms with van der Waals surface area (Å²) in [6.07, 6.45) is 5.20. The summed E-state index contributed by atoms with van der Waals surface area (Å²) in [4.78, 5) is 7.11.